The van der Waals surface area contributed by atoms with Gasteiger partial charge >= 0.3 is 0 Å². The first kappa shape index (κ1) is 12.3. The van der Waals surface area contributed by atoms with Crippen molar-refractivity contribution in [2.45, 2.75) is 19.3 Å². The van der Waals surface area contributed by atoms with Gasteiger partial charge in [-0.25, -0.2) is 0 Å². The third-order valence-corrected chi connectivity index (χ3v) is 3.64. The Balaban J connectivity index is 2.07. The van der Waals surface area contributed by atoms with E-state index in [1.165, 1.54) is 0 Å². The van der Waals surface area contributed by atoms with E-state index in [2.05, 4.69) is 0 Å². The summed E-state index contributed by atoms with van der Waals surface area (Å²) >= 11 is 0. The number of rotatable bonds is 4. The Morgan fingerprint density at radius 1 is 1.24 bits per heavy atom. The van der Waals surface area contributed by atoms with Crippen molar-refractivity contribution in [1.82, 2.24) is 0 Å². The topological polar surface area (TPSA) is 52.3 Å². The summed E-state index contributed by atoms with van der Waals surface area (Å²) in [5.41, 5.74) is 6.53. The lowest BCUT2D eigenvalue weighted by Crippen LogP contribution is -2.44. The molecule has 3 nitrogen and oxygen atoms in total. The Labute approximate surface area is 102 Å². The van der Waals surface area contributed by atoms with Gasteiger partial charge in [-0.2, -0.15) is 0 Å². The first-order chi connectivity index (χ1) is 8.27. The number of carbonyl (C=O) groups is 1. The predicted molar refractivity (Wildman–Crippen MR) is 66.7 cm³/mol. The van der Waals surface area contributed by atoms with Crippen LogP contribution in [0.2, 0.25) is 0 Å². The zero-order valence-electron chi connectivity index (χ0n) is 10.0. The molecule has 1 saturated heterocycles. The summed E-state index contributed by atoms with van der Waals surface area (Å²) < 4.78 is 5.32. The van der Waals surface area contributed by atoms with E-state index < -0.39 is 0 Å². The lowest BCUT2D eigenvalue weighted by molar-refractivity contribution is -0.132. The molecular weight excluding hydrogens is 214 g/mol. The number of nitrogens with two attached hydrogens (primary N) is 1. The highest BCUT2D eigenvalue weighted by atomic mass is 16.5. The molecule has 1 fully saturated rings. The maximum Gasteiger partial charge on any atom is 0.144 e. The molecule has 17 heavy (non-hydrogen) atoms. The Kier molecular flexibility index (Phi) is 3.92. The smallest absolute Gasteiger partial charge is 0.144 e. The van der Waals surface area contributed by atoms with E-state index >= 15 is 0 Å². The van der Waals surface area contributed by atoms with Crippen molar-refractivity contribution in [3.63, 3.8) is 0 Å². The number of ether oxygens (including phenoxy) is 1. The van der Waals surface area contributed by atoms with Crippen LogP contribution >= 0.6 is 0 Å². The van der Waals surface area contributed by atoms with Crippen LogP contribution in [-0.4, -0.2) is 25.5 Å². The van der Waals surface area contributed by atoms with Crippen molar-refractivity contribution in [1.29, 1.82) is 0 Å². The second-order valence-electron chi connectivity index (χ2n) is 4.68. The molecule has 0 amide bonds. The van der Waals surface area contributed by atoms with Gasteiger partial charge in [0.25, 0.3) is 0 Å². The number of hydrogen-bond acceptors (Lipinski definition) is 3. The number of benzene rings is 1. The van der Waals surface area contributed by atoms with Crippen molar-refractivity contribution >= 4 is 5.78 Å². The quantitative estimate of drug-likeness (QED) is 0.858. The maximum absolute atomic E-state index is 12.4. The molecule has 0 radical (unpaired) electrons. The average Bonchev–Trinajstić information content (AvgIpc) is 2.40. The lowest BCUT2D eigenvalue weighted by atomic mass is 9.74. The second kappa shape index (κ2) is 5.43. The van der Waals surface area contributed by atoms with Crippen LogP contribution in [-0.2, 0) is 16.0 Å². The number of hydrogen-bond donors (Lipinski definition) is 1. The molecule has 1 aromatic carbocycles. The van der Waals surface area contributed by atoms with Crippen LogP contribution in [0, 0.1) is 5.41 Å². The third kappa shape index (κ3) is 2.73. The minimum Gasteiger partial charge on any atom is -0.381 e. The third-order valence-electron chi connectivity index (χ3n) is 3.64. The van der Waals surface area contributed by atoms with Crippen molar-refractivity contribution in [3.05, 3.63) is 35.9 Å². The van der Waals surface area contributed by atoms with Crippen LogP contribution in [0.5, 0.6) is 0 Å². The Morgan fingerprint density at radius 3 is 2.47 bits per heavy atom. The molecule has 0 atom stereocenters. The molecule has 0 bridgehead atoms. The largest absolute Gasteiger partial charge is 0.381 e. The number of carbonyl (C=O) groups excluding carboxylic acids is 1. The van der Waals surface area contributed by atoms with Gasteiger partial charge in [-0.3, -0.25) is 4.79 Å². The van der Waals surface area contributed by atoms with E-state index in [4.69, 9.17) is 10.5 Å². The standard InChI is InChI=1S/C14H19NO2/c15-11-14(6-8-17-9-7-14)13(16)10-12-4-2-1-3-5-12/h1-5H,6-11,15H2. The minimum atomic E-state index is -0.353. The van der Waals surface area contributed by atoms with Gasteiger partial charge in [0.1, 0.15) is 5.78 Å². The van der Waals surface area contributed by atoms with Crippen LogP contribution in [0.4, 0.5) is 0 Å². The van der Waals surface area contributed by atoms with Crippen molar-refractivity contribution in [3.8, 4) is 0 Å². The van der Waals surface area contributed by atoms with Gasteiger partial charge in [-0.15, -0.1) is 0 Å². The first-order valence-corrected chi connectivity index (χ1v) is 6.12. The monoisotopic (exact) mass is 233 g/mol. The number of Topliss-reactive ketones (excluding diaryl/α,β-unsaturated/α-hetero) is 1. The van der Waals surface area contributed by atoms with Gasteiger partial charge in [0, 0.05) is 31.6 Å². The summed E-state index contributed by atoms with van der Waals surface area (Å²) in [6.45, 7) is 1.73. The molecule has 1 heterocycles. The van der Waals surface area contributed by atoms with Crippen molar-refractivity contribution in [2.24, 2.45) is 11.1 Å². The molecule has 92 valence electrons. The van der Waals surface area contributed by atoms with E-state index in [1.807, 2.05) is 30.3 Å². The Hall–Kier alpha value is -1.19. The van der Waals surface area contributed by atoms with Gasteiger partial charge in [0.15, 0.2) is 0 Å². The molecule has 2 rings (SSSR count). The molecular formula is C14H19NO2. The zero-order chi connectivity index (χ0) is 12.1. The maximum atomic E-state index is 12.4. The second-order valence-corrected chi connectivity index (χ2v) is 4.68. The summed E-state index contributed by atoms with van der Waals surface area (Å²) in [6.07, 6.45) is 2.00. The molecule has 2 N–H and O–H groups in total. The number of ketones is 1. The van der Waals surface area contributed by atoms with Crippen molar-refractivity contribution in [2.75, 3.05) is 19.8 Å². The molecule has 1 aliphatic rings. The van der Waals surface area contributed by atoms with Crippen LogP contribution in [0.25, 0.3) is 0 Å². The van der Waals surface area contributed by atoms with Crippen LogP contribution in [0.3, 0.4) is 0 Å². The van der Waals surface area contributed by atoms with Crippen LogP contribution < -0.4 is 5.73 Å². The molecule has 0 saturated carbocycles. The molecule has 3 heteroatoms. The van der Waals surface area contributed by atoms with Crippen LogP contribution in [0.1, 0.15) is 18.4 Å². The fourth-order valence-corrected chi connectivity index (χ4v) is 2.33. The zero-order valence-corrected chi connectivity index (χ0v) is 10.0. The fraction of sp³-hybridized carbons (Fsp3) is 0.500. The highest BCUT2D eigenvalue weighted by Gasteiger charge is 2.37. The van der Waals surface area contributed by atoms with E-state index in [-0.39, 0.29) is 11.2 Å². The molecule has 0 spiro atoms. The summed E-state index contributed by atoms with van der Waals surface area (Å²) in [7, 11) is 0. The minimum absolute atomic E-state index is 0.259. The summed E-state index contributed by atoms with van der Waals surface area (Å²) in [4.78, 5) is 12.4. The summed E-state index contributed by atoms with van der Waals surface area (Å²) in [5, 5.41) is 0. The van der Waals surface area contributed by atoms with E-state index in [1.54, 1.807) is 0 Å². The molecule has 0 unspecified atom stereocenters. The van der Waals surface area contributed by atoms with E-state index in [0.29, 0.717) is 26.2 Å². The molecule has 0 aromatic heterocycles. The van der Waals surface area contributed by atoms with Gasteiger partial charge in [-0.05, 0) is 18.4 Å². The van der Waals surface area contributed by atoms with Gasteiger partial charge in [0.05, 0.1) is 0 Å². The summed E-state index contributed by atoms with van der Waals surface area (Å²) in [6, 6.07) is 9.85. The van der Waals surface area contributed by atoms with Crippen molar-refractivity contribution < 1.29 is 9.53 Å². The first-order valence-electron chi connectivity index (χ1n) is 6.12. The Bertz CT molecular complexity index is 369. The van der Waals surface area contributed by atoms with Gasteiger partial charge in [0.2, 0.25) is 0 Å². The normalized spacial score (nSPS) is 18.9. The highest BCUT2D eigenvalue weighted by molar-refractivity contribution is 5.87. The molecule has 1 aromatic rings. The van der Waals surface area contributed by atoms with Gasteiger partial charge < -0.3 is 10.5 Å². The molecule has 0 aliphatic carbocycles. The Morgan fingerprint density at radius 2 is 1.88 bits per heavy atom. The summed E-state index contributed by atoms with van der Waals surface area (Å²) in [5.74, 6) is 0.259. The predicted octanol–water partition coefficient (Wildman–Crippen LogP) is 1.55. The highest BCUT2D eigenvalue weighted by Crippen LogP contribution is 2.31. The lowest BCUT2D eigenvalue weighted by Gasteiger charge is -2.34. The van der Waals surface area contributed by atoms with E-state index in [9.17, 15) is 4.79 Å². The fourth-order valence-electron chi connectivity index (χ4n) is 2.33. The van der Waals surface area contributed by atoms with Crippen LogP contribution in [0.15, 0.2) is 30.3 Å². The van der Waals surface area contributed by atoms with Gasteiger partial charge in [-0.1, -0.05) is 30.3 Å². The SMILES string of the molecule is NCC1(C(=O)Cc2ccccc2)CCOCC1. The van der Waals surface area contributed by atoms with E-state index in [0.717, 1.165) is 18.4 Å². The average molecular weight is 233 g/mol. The molecule has 1 aliphatic heterocycles.